The van der Waals surface area contributed by atoms with Gasteiger partial charge in [-0.2, -0.15) is 0 Å². The number of halogens is 1. The number of aryl methyl sites for hydroxylation is 1. The fourth-order valence-electron chi connectivity index (χ4n) is 2.87. The molecule has 0 spiro atoms. The van der Waals surface area contributed by atoms with E-state index in [0.717, 1.165) is 37.8 Å². The molecule has 1 aromatic carbocycles. The summed E-state index contributed by atoms with van der Waals surface area (Å²) in [5, 5.41) is 3.50. The molecule has 0 aliphatic heterocycles. The number of hydrogen-bond donors (Lipinski definition) is 1. The van der Waals surface area contributed by atoms with Gasteiger partial charge in [0.25, 0.3) is 0 Å². The molecule has 0 heterocycles. The first kappa shape index (κ1) is 16.0. The number of ether oxygens (including phenoxy) is 1. The third kappa shape index (κ3) is 4.53. The van der Waals surface area contributed by atoms with Crippen LogP contribution < -0.4 is 5.32 Å². The van der Waals surface area contributed by atoms with Crippen LogP contribution in [0.1, 0.15) is 43.7 Å². The molecule has 1 fully saturated rings. The highest BCUT2D eigenvalue weighted by molar-refractivity contribution is 5.72. The Hall–Kier alpha value is -1.42. The Morgan fingerprint density at radius 3 is 2.67 bits per heavy atom. The zero-order chi connectivity index (χ0) is 15.2. The van der Waals surface area contributed by atoms with Gasteiger partial charge < -0.3 is 10.1 Å². The Morgan fingerprint density at radius 2 is 2.05 bits per heavy atom. The topological polar surface area (TPSA) is 38.3 Å². The first-order valence-corrected chi connectivity index (χ1v) is 7.75. The normalized spacial score (nSPS) is 22.0. The molecule has 0 bridgehead atoms. The SMILES string of the molecule is CCOC(=O)C1CCC(NCc2ccc(F)c(C)c2)CC1. The lowest BCUT2D eigenvalue weighted by atomic mass is 9.86. The number of esters is 1. The van der Waals surface area contributed by atoms with E-state index in [2.05, 4.69) is 5.32 Å². The fourth-order valence-corrected chi connectivity index (χ4v) is 2.87. The molecule has 1 aliphatic rings. The molecule has 0 radical (unpaired) electrons. The zero-order valence-corrected chi connectivity index (χ0v) is 12.8. The largest absolute Gasteiger partial charge is 0.466 e. The molecule has 0 atom stereocenters. The number of rotatable bonds is 5. The van der Waals surface area contributed by atoms with Crippen molar-refractivity contribution in [3.8, 4) is 0 Å². The highest BCUT2D eigenvalue weighted by atomic mass is 19.1. The Bertz CT molecular complexity index is 482. The molecule has 1 aromatic rings. The van der Waals surface area contributed by atoms with Crippen molar-refractivity contribution >= 4 is 5.97 Å². The van der Waals surface area contributed by atoms with E-state index in [0.29, 0.717) is 18.2 Å². The van der Waals surface area contributed by atoms with E-state index in [4.69, 9.17) is 4.74 Å². The molecule has 1 N–H and O–H groups in total. The standard InChI is InChI=1S/C17H24FNO2/c1-3-21-17(20)14-5-7-15(8-6-14)19-11-13-4-9-16(18)12(2)10-13/h4,9-10,14-15,19H,3,5-8,11H2,1-2H3. The third-order valence-corrected chi connectivity index (χ3v) is 4.16. The number of hydrogen-bond acceptors (Lipinski definition) is 3. The number of carbonyl (C=O) groups is 1. The van der Waals surface area contributed by atoms with Gasteiger partial charge in [-0.05, 0) is 56.7 Å². The number of nitrogens with one attached hydrogen (secondary N) is 1. The van der Waals surface area contributed by atoms with Gasteiger partial charge in [0.15, 0.2) is 0 Å². The quantitative estimate of drug-likeness (QED) is 0.846. The molecule has 116 valence electrons. The minimum absolute atomic E-state index is 0.0508. The Labute approximate surface area is 125 Å². The summed E-state index contributed by atoms with van der Waals surface area (Å²) >= 11 is 0. The van der Waals surface area contributed by atoms with Crippen LogP contribution in [-0.2, 0) is 16.1 Å². The molecule has 3 nitrogen and oxygen atoms in total. The Balaban J connectivity index is 1.76. The van der Waals surface area contributed by atoms with E-state index in [9.17, 15) is 9.18 Å². The summed E-state index contributed by atoms with van der Waals surface area (Å²) in [6.07, 6.45) is 3.76. The molecule has 0 aromatic heterocycles. The van der Waals surface area contributed by atoms with Crippen LogP contribution in [0.25, 0.3) is 0 Å². The molecule has 4 heteroatoms. The fraction of sp³-hybridized carbons (Fsp3) is 0.588. The van der Waals surface area contributed by atoms with Gasteiger partial charge in [-0.25, -0.2) is 4.39 Å². The highest BCUT2D eigenvalue weighted by Gasteiger charge is 2.26. The van der Waals surface area contributed by atoms with Crippen LogP contribution in [0.5, 0.6) is 0 Å². The summed E-state index contributed by atoms with van der Waals surface area (Å²) in [4.78, 5) is 11.7. The highest BCUT2D eigenvalue weighted by Crippen LogP contribution is 2.25. The van der Waals surface area contributed by atoms with Gasteiger partial charge in [-0.15, -0.1) is 0 Å². The van der Waals surface area contributed by atoms with Crippen molar-refractivity contribution in [2.45, 2.75) is 52.1 Å². The summed E-state index contributed by atoms with van der Waals surface area (Å²) in [5.74, 6) is -0.144. The van der Waals surface area contributed by atoms with Crippen molar-refractivity contribution in [2.24, 2.45) is 5.92 Å². The van der Waals surface area contributed by atoms with Gasteiger partial charge in [0.1, 0.15) is 5.82 Å². The minimum atomic E-state index is -0.159. The van der Waals surface area contributed by atoms with Crippen molar-refractivity contribution < 1.29 is 13.9 Å². The molecule has 0 saturated heterocycles. The average molecular weight is 293 g/mol. The second-order valence-electron chi connectivity index (χ2n) is 5.77. The van der Waals surface area contributed by atoms with Gasteiger partial charge in [0.2, 0.25) is 0 Å². The van der Waals surface area contributed by atoms with Crippen molar-refractivity contribution in [1.82, 2.24) is 5.32 Å². The predicted octanol–water partition coefficient (Wildman–Crippen LogP) is 3.35. The van der Waals surface area contributed by atoms with Crippen molar-refractivity contribution in [1.29, 1.82) is 0 Å². The van der Waals surface area contributed by atoms with Crippen LogP contribution in [0.3, 0.4) is 0 Å². The lowest BCUT2D eigenvalue weighted by Crippen LogP contribution is -2.35. The summed E-state index contributed by atoms with van der Waals surface area (Å²) < 4.78 is 18.3. The first-order chi connectivity index (χ1) is 10.1. The van der Waals surface area contributed by atoms with Gasteiger partial charge in [0.05, 0.1) is 12.5 Å². The molecule has 0 amide bonds. The predicted molar refractivity (Wildman–Crippen MR) is 80.4 cm³/mol. The van der Waals surface area contributed by atoms with Gasteiger partial charge in [-0.1, -0.05) is 12.1 Å². The second kappa shape index (κ2) is 7.55. The van der Waals surface area contributed by atoms with Gasteiger partial charge in [0, 0.05) is 12.6 Å². The van der Waals surface area contributed by atoms with E-state index in [1.807, 2.05) is 19.1 Å². The average Bonchev–Trinajstić information content (AvgIpc) is 2.49. The Kier molecular flexibility index (Phi) is 5.74. The molecule has 1 saturated carbocycles. The minimum Gasteiger partial charge on any atom is -0.466 e. The lowest BCUT2D eigenvalue weighted by molar-refractivity contribution is -0.149. The Morgan fingerprint density at radius 1 is 1.33 bits per heavy atom. The number of carbonyl (C=O) groups excluding carboxylic acids is 1. The smallest absolute Gasteiger partial charge is 0.308 e. The van der Waals surface area contributed by atoms with E-state index in [1.54, 1.807) is 6.92 Å². The molecule has 21 heavy (non-hydrogen) atoms. The zero-order valence-electron chi connectivity index (χ0n) is 12.8. The van der Waals surface area contributed by atoms with Crippen LogP contribution in [0, 0.1) is 18.7 Å². The molecule has 2 rings (SSSR count). The maximum Gasteiger partial charge on any atom is 0.308 e. The second-order valence-corrected chi connectivity index (χ2v) is 5.77. The van der Waals surface area contributed by atoms with E-state index in [1.165, 1.54) is 6.07 Å². The van der Waals surface area contributed by atoms with Crippen LogP contribution in [0.2, 0.25) is 0 Å². The monoisotopic (exact) mass is 293 g/mol. The summed E-state index contributed by atoms with van der Waals surface area (Å²) in [7, 11) is 0. The van der Waals surface area contributed by atoms with Crippen molar-refractivity contribution in [2.75, 3.05) is 6.61 Å². The van der Waals surface area contributed by atoms with Gasteiger partial charge in [-0.3, -0.25) is 4.79 Å². The van der Waals surface area contributed by atoms with Crippen LogP contribution in [-0.4, -0.2) is 18.6 Å². The third-order valence-electron chi connectivity index (χ3n) is 4.16. The van der Waals surface area contributed by atoms with Gasteiger partial charge >= 0.3 is 5.97 Å². The summed E-state index contributed by atoms with van der Waals surface area (Å²) in [6.45, 7) is 4.83. The van der Waals surface area contributed by atoms with Crippen molar-refractivity contribution in [3.05, 3.63) is 35.1 Å². The van der Waals surface area contributed by atoms with E-state index >= 15 is 0 Å². The summed E-state index contributed by atoms with van der Waals surface area (Å²) in [6, 6.07) is 5.65. The summed E-state index contributed by atoms with van der Waals surface area (Å²) in [5.41, 5.74) is 1.78. The molecular formula is C17H24FNO2. The van der Waals surface area contributed by atoms with E-state index < -0.39 is 0 Å². The first-order valence-electron chi connectivity index (χ1n) is 7.75. The molecule has 0 unspecified atom stereocenters. The van der Waals surface area contributed by atoms with Crippen LogP contribution in [0.4, 0.5) is 4.39 Å². The molecular weight excluding hydrogens is 269 g/mol. The van der Waals surface area contributed by atoms with Crippen LogP contribution >= 0.6 is 0 Å². The number of benzene rings is 1. The van der Waals surface area contributed by atoms with Crippen molar-refractivity contribution in [3.63, 3.8) is 0 Å². The lowest BCUT2D eigenvalue weighted by Gasteiger charge is -2.28. The maximum atomic E-state index is 13.2. The molecule has 1 aliphatic carbocycles. The van der Waals surface area contributed by atoms with E-state index in [-0.39, 0.29) is 17.7 Å². The van der Waals surface area contributed by atoms with Crippen LogP contribution in [0.15, 0.2) is 18.2 Å². The maximum absolute atomic E-state index is 13.2.